The van der Waals surface area contributed by atoms with Crippen LogP contribution in [0.2, 0.25) is 0 Å². The predicted molar refractivity (Wildman–Crippen MR) is 108 cm³/mol. The quantitative estimate of drug-likeness (QED) is 0.554. The van der Waals surface area contributed by atoms with Crippen molar-refractivity contribution in [3.8, 4) is 11.3 Å². The number of H-pyrrole nitrogens is 1. The monoisotopic (exact) mass is 366 g/mol. The minimum absolute atomic E-state index is 0.0394. The van der Waals surface area contributed by atoms with E-state index < -0.39 is 0 Å². The number of benzene rings is 2. The SMILES string of the molecule is OCCOCc1cc(NC2CCOCC2)c2[nH]c(-c3ccccc3)cc2c1. The van der Waals surface area contributed by atoms with Gasteiger partial charge in [-0.3, -0.25) is 0 Å². The molecule has 0 aliphatic carbocycles. The van der Waals surface area contributed by atoms with Crippen LogP contribution in [-0.4, -0.2) is 42.6 Å². The van der Waals surface area contributed by atoms with E-state index in [1.807, 2.05) is 6.07 Å². The van der Waals surface area contributed by atoms with Crippen LogP contribution in [0.1, 0.15) is 18.4 Å². The molecule has 4 rings (SSSR count). The Balaban J connectivity index is 1.68. The molecular weight excluding hydrogens is 340 g/mol. The van der Waals surface area contributed by atoms with E-state index in [1.54, 1.807) is 0 Å². The van der Waals surface area contributed by atoms with Gasteiger partial charge >= 0.3 is 0 Å². The standard InChI is InChI=1S/C22H26N2O3/c25-8-11-27-15-16-12-18-14-20(17-4-2-1-3-5-17)24-22(18)21(13-16)23-19-6-9-26-10-7-19/h1-5,12-14,19,23-25H,6-11,15H2. The summed E-state index contributed by atoms with van der Waals surface area (Å²) in [5.74, 6) is 0. The van der Waals surface area contributed by atoms with Crippen LogP contribution in [0.3, 0.4) is 0 Å². The van der Waals surface area contributed by atoms with E-state index in [9.17, 15) is 0 Å². The van der Waals surface area contributed by atoms with Crippen molar-refractivity contribution in [2.75, 3.05) is 31.7 Å². The van der Waals surface area contributed by atoms with E-state index in [0.29, 0.717) is 19.3 Å². The van der Waals surface area contributed by atoms with Crippen LogP contribution in [0.4, 0.5) is 5.69 Å². The van der Waals surface area contributed by atoms with E-state index in [2.05, 4.69) is 52.8 Å². The first-order chi connectivity index (χ1) is 13.3. The third-order valence-electron chi connectivity index (χ3n) is 4.96. The Hall–Kier alpha value is -2.34. The highest BCUT2D eigenvalue weighted by Gasteiger charge is 2.16. The molecule has 2 heterocycles. The van der Waals surface area contributed by atoms with Crippen LogP contribution in [0.15, 0.2) is 48.5 Å². The molecule has 1 fully saturated rings. The summed E-state index contributed by atoms with van der Waals surface area (Å²) < 4.78 is 11.0. The van der Waals surface area contributed by atoms with Crippen LogP contribution < -0.4 is 5.32 Å². The van der Waals surface area contributed by atoms with E-state index in [1.165, 1.54) is 5.56 Å². The van der Waals surface area contributed by atoms with Gasteiger partial charge in [-0.15, -0.1) is 0 Å². The Bertz CT molecular complexity index is 870. The first-order valence-corrected chi connectivity index (χ1v) is 9.57. The summed E-state index contributed by atoms with van der Waals surface area (Å²) in [6, 6.07) is 17.3. The highest BCUT2D eigenvalue weighted by Crippen LogP contribution is 2.31. The molecule has 1 aliphatic rings. The molecule has 5 heteroatoms. The molecule has 0 atom stereocenters. The normalized spacial score (nSPS) is 15.3. The van der Waals surface area contributed by atoms with Gasteiger partial charge < -0.3 is 24.9 Å². The van der Waals surface area contributed by atoms with E-state index in [4.69, 9.17) is 14.6 Å². The number of aliphatic hydroxyl groups excluding tert-OH is 1. The Kier molecular flexibility index (Phi) is 5.72. The topological polar surface area (TPSA) is 66.5 Å². The van der Waals surface area contributed by atoms with Crippen molar-refractivity contribution in [2.24, 2.45) is 0 Å². The van der Waals surface area contributed by atoms with Gasteiger partial charge in [0.2, 0.25) is 0 Å². The smallest absolute Gasteiger partial charge is 0.0719 e. The summed E-state index contributed by atoms with van der Waals surface area (Å²) >= 11 is 0. The molecule has 27 heavy (non-hydrogen) atoms. The number of hydrogen-bond donors (Lipinski definition) is 3. The van der Waals surface area contributed by atoms with Crippen molar-refractivity contribution in [1.82, 2.24) is 4.98 Å². The average molecular weight is 366 g/mol. The van der Waals surface area contributed by atoms with E-state index >= 15 is 0 Å². The first-order valence-electron chi connectivity index (χ1n) is 9.57. The van der Waals surface area contributed by atoms with Crippen molar-refractivity contribution >= 4 is 16.6 Å². The zero-order valence-electron chi connectivity index (χ0n) is 15.4. The second kappa shape index (κ2) is 8.57. The summed E-state index contributed by atoms with van der Waals surface area (Å²) in [5.41, 5.74) is 5.59. The molecule has 0 spiro atoms. The fourth-order valence-electron chi connectivity index (χ4n) is 3.59. The highest BCUT2D eigenvalue weighted by molar-refractivity contribution is 5.95. The molecule has 1 aromatic heterocycles. The lowest BCUT2D eigenvalue weighted by Crippen LogP contribution is -2.28. The Morgan fingerprint density at radius 3 is 2.70 bits per heavy atom. The van der Waals surface area contributed by atoms with Gasteiger partial charge in [0.25, 0.3) is 0 Å². The number of hydrogen-bond acceptors (Lipinski definition) is 4. The molecule has 142 valence electrons. The summed E-state index contributed by atoms with van der Waals surface area (Å²) in [4.78, 5) is 3.59. The van der Waals surface area contributed by atoms with Crippen molar-refractivity contribution in [2.45, 2.75) is 25.5 Å². The number of rotatable bonds is 7. The molecule has 0 saturated carbocycles. The first kappa shape index (κ1) is 18.0. The largest absolute Gasteiger partial charge is 0.394 e. The number of aromatic amines is 1. The Morgan fingerprint density at radius 1 is 1.11 bits per heavy atom. The molecular formula is C22H26N2O3. The van der Waals surface area contributed by atoms with E-state index in [0.717, 1.165) is 53.9 Å². The molecule has 0 unspecified atom stereocenters. The summed E-state index contributed by atoms with van der Waals surface area (Å²) in [5, 5.41) is 13.8. The maximum atomic E-state index is 8.96. The second-order valence-corrected chi connectivity index (χ2v) is 6.96. The Labute approximate surface area is 159 Å². The molecule has 0 radical (unpaired) electrons. The van der Waals surface area contributed by atoms with Crippen molar-refractivity contribution in [3.63, 3.8) is 0 Å². The molecule has 3 aromatic rings. The maximum absolute atomic E-state index is 8.96. The lowest BCUT2D eigenvalue weighted by molar-refractivity contribution is 0.0816. The van der Waals surface area contributed by atoms with Crippen LogP contribution in [0.25, 0.3) is 22.2 Å². The number of aliphatic hydroxyl groups is 1. The number of ether oxygens (including phenoxy) is 2. The summed E-state index contributed by atoms with van der Waals surface area (Å²) in [6.07, 6.45) is 2.03. The number of anilines is 1. The summed E-state index contributed by atoms with van der Waals surface area (Å²) in [7, 11) is 0. The highest BCUT2D eigenvalue weighted by atomic mass is 16.5. The molecule has 3 N–H and O–H groups in total. The van der Waals surface area contributed by atoms with Crippen LogP contribution in [0, 0.1) is 0 Å². The van der Waals surface area contributed by atoms with Gasteiger partial charge in [-0.25, -0.2) is 0 Å². The summed E-state index contributed by atoms with van der Waals surface area (Å²) in [6.45, 7) is 2.49. The van der Waals surface area contributed by atoms with Gasteiger partial charge in [-0.2, -0.15) is 0 Å². The molecule has 1 aliphatic heterocycles. The van der Waals surface area contributed by atoms with E-state index in [-0.39, 0.29) is 6.61 Å². The third kappa shape index (κ3) is 4.33. The zero-order chi connectivity index (χ0) is 18.5. The number of fused-ring (bicyclic) bond motifs is 1. The fraction of sp³-hybridized carbons (Fsp3) is 0.364. The van der Waals surface area contributed by atoms with Crippen LogP contribution >= 0.6 is 0 Å². The van der Waals surface area contributed by atoms with Crippen molar-refractivity contribution < 1.29 is 14.6 Å². The van der Waals surface area contributed by atoms with Gasteiger partial charge in [0.15, 0.2) is 0 Å². The minimum Gasteiger partial charge on any atom is -0.394 e. The lowest BCUT2D eigenvalue weighted by Gasteiger charge is -2.24. The second-order valence-electron chi connectivity index (χ2n) is 6.96. The van der Waals surface area contributed by atoms with Gasteiger partial charge in [-0.05, 0) is 42.2 Å². The van der Waals surface area contributed by atoms with Crippen molar-refractivity contribution in [1.29, 1.82) is 0 Å². The zero-order valence-corrected chi connectivity index (χ0v) is 15.4. The van der Waals surface area contributed by atoms with Crippen molar-refractivity contribution in [3.05, 3.63) is 54.1 Å². The minimum atomic E-state index is 0.0394. The van der Waals surface area contributed by atoms with Gasteiger partial charge in [-0.1, -0.05) is 30.3 Å². The molecule has 0 amide bonds. The number of nitrogens with one attached hydrogen (secondary N) is 2. The van der Waals surface area contributed by atoms with Gasteiger partial charge in [0.1, 0.15) is 0 Å². The van der Waals surface area contributed by atoms with Gasteiger partial charge in [0.05, 0.1) is 31.0 Å². The third-order valence-corrected chi connectivity index (χ3v) is 4.96. The Morgan fingerprint density at radius 2 is 1.93 bits per heavy atom. The fourth-order valence-corrected chi connectivity index (χ4v) is 3.59. The van der Waals surface area contributed by atoms with Gasteiger partial charge in [0, 0.05) is 30.3 Å². The lowest BCUT2D eigenvalue weighted by atomic mass is 10.1. The number of aromatic nitrogens is 1. The molecule has 5 nitrogen and oxygen atoms in total. The average Bonchev–Trinajstić information content (AvgIpc) is 3.14. The molecule has 2 aromatic carbocycles. The molecule has 1 saturated heterocycles. The maximum Gasteiger partial charge on any atom is 0.0719 e. The van der Waals surface area contributed by atoms with Crippen LogP contribution in [-0.2, 0) is 16.1 Å². The predicted octanol–water partition coefficient (Wildman–Crippen LogP) is 3.93. The molecule has 0 bridgehead atoms. The van der Waals surface area contributed by atoms with Crippen LogP contribution in [0.5, 0.6) is 0 Å².